The molecule has 184 valence electrons. The van der Waals surface area contributed by atoms with Crippen LogP contribution in [0.25, 0.3) is 16.9 Å². The molecule has 1 aliphatic heterocycles. The van der Waals surface area contributed by atoms with E-state index in [0.29, 0.717) is 28.5 Å². The number of nitrogen functional groups attached to an aromatic ring is 1. The van der Waals surface area contributed by atoms with Gasteiger partial charge in [0.2, 0.25) is 5.95 Å². The van der Waals surface area contributed by atoms with Crippen molar-refractivity contribution < 1.29 is 13.9 Å². The van der Waals surface area contributed by atoms with Gasteiger partial charge in [0.05, 0.1) is 18.9 Å². The maximum atomic E-state index is 13.1. The van der Waals surface area contributed by atoms with Crippen molar-refractivity contribution >= 4 is 40.2 Å². The maximum absolute atomic E-state index is 13.1. The molecule has 0 bridgehead atoms. The van der Waals surface area contributed by atoms with Crippen LogP contribution < -0.4 is 16.4 Å². The Morgan fingerprint density at radius 3 is 2.64 bits per heavy atom. The van der Waals surface area contributed by atoms with E-state index in [4.69, 9.17) is 10.5 Å². The van der Waals surface area contributed by atoms with Gasteiger partial charge in [0.15, 0.2) is 22.8 Å². The van der Waals surface area contributed by atoms with Gasteiger partial charge in [-0.15, -0.1) is 0 Å². The Hall–Kier alpha value is -4.35. The van der Waals surface area contributed by atoms with E-state index >= 15 is 0 Å². The van der Waals surface area contributed by atoms with Crippen LogP contribution in [0, 0.1) is 0 Å². The van der Waals surface area contributed by atoms with Gasteiger partial charge in [-0.25, -0.2) is 9.37 Å². The molecule has 1 saturated heterocycles. The molecule has 3 heterocycles. The molecule has 0 atom stereocenters. The van der Waals surface area contributed by atoms with Gasteiger partial charge in [-0.3, -0.25) is 14.3 Å². The molecule has 0 aliphatic carbocycles. The summed E-state index contributed by atoms with van der Waals surface area (Å²) >= 11 is 0. The van der Waals surface area contributed by atoms with Crippen LogP contribution >= 0.6 is 0 Å². The van der Waals surface area contributed by atoms with Gasteiger partial charge in [0.25, 0.3) is 5.91 Å². The molecule has 2 aromatic heterocycles. The number of hydrogen-bond acceptors (Lipinski definition) is 8. The molecule has 2 aromatic carbocycles. The lowest BCUT2D eigenvalue weighted by Crippen LogP contribution is -2.35. The van der Waals surface area contributed by atoms with Gasteiger partial charge in [0, 0.05) is 31.0 Å². The van der Waals surface area contributed by atoms with Gasteiger partial charge >= 0.3 is 0 Å². The highest BCUT2D eigenvalue weighted by molar-refractivity contribution is 6.01. The normalized spacial score (nSPS) is 14.0. The predicted molar refractivity (Wildman–Crippen MR) is 136 cm³/mol. The summed E-state index contributed by atoms with van der Waals surface area (Å²) in [5, 5.41) is 5.65. The van der Waals surface area contributed by atoms with Gasteiger partial charge in [-0.05, 0) is 35.9 Å². The molecule has 4 N–H and O–H groups in total. The summed E-state index contributed by atoms with van der Waals surface area (Å²) < 4.78 is 20.2. The second-order valence-electron chi connectivity index (χ2n) is 8.34. The molecule has 10 nitrogen and oxygen atoms in total. The molecular formula is C25H25FN8O2. The van der Waals surface area contributed by atoms with Crippen molar-refractivity contribution in [1.29, 1.82) is 0 Å². The van der Waals surface area contributed by atoms with Crippen LogP contribution in [0.5, 0.6) is 0 Å². The highest BCUT2D eigenvalue weighted by atomic mass is 19.1. The van der Waals surface area contributed by atoms with E-state index in [1.807, 2.05) is 12.1 Å². The van der Waals surface area contributed by atoms with Gasteiger partial charge in [-0.1, -0.05) is 24.8 Å². The third-order valence-electron chi connectivity index (χ3n) is 5.77. The number of halogens is 1. The van der Waals surface area contributed by atoms with Crippen LogP contribution in [0.15, 0.2) is 67.3 Å². The Morgan fingerprint density at radius 2 is 1.89 bits per heavy atom. The molecule has 1 fully saturated rings. The largest absolute Gasteiger partial charge is 0.382 e. The fourth-order valence-electron chi connectivity index (χ4n) is 3.94. The van der Waals surface area contributed by atoms with Crippen LogP contribution in [0.3, 0.4) is 0 Å². The van der Waals surface area contributed by atoms with E-state index in [2.05, 4.69) is 49.2 Å². The Morgan fingerprint density at radius 1 is 1.11 bits per heavy atom. The number of anilines is 4. The van der Waals surface area contributed by atoms with E-state index in [1.165, 1.54) is 5.56 Å². The molecule has 36 heavy (non-hydrogen) atoms. The lowest BCUT2D eigenvalue weighted by molar-refractivity contribution is -0.114. The molecule has 1 aliphatic rings. The number of morpholine rings is 1. The number of carbonyl (C=O) groups excluding carboxylic acids is 1. The lowest BCUT2D eigenvalue weighted by Gasteiger charge is -2.26. The summed E-state index contributed by atoms with van der Waals surface area (Å²) in [6, 6.07) is 14.9. The molecule has 5 rings (SSSR count). The summed E-state index contributed by atoms with van der Waals surface area (Å²) in [6.07, 6.45) is 1.56. The second kappa shape index (κ2) is 10.1. The first-order valence-electron chi connectivity index (χ1n) is 11.4. The highest BCUT2D eigenvalue weighted by Crippen LogP contribution is 2.25. The van der Waals surface area contributed by atoms with Gasteiger partial charge in [0.1, 0.15) is 6.33 Å². The van der Waals surface area contributed by atoms with Crippen LogP contribution in [0.2, 0.25) is 0 Å². The zero-order valence-electron chi connectivity index (χ0n) is 19.4. The van der Waals surface area contributed by atoms with Crippen LogP contribution in [-0.2, 0) is 16.1 Å². The first-order chi connectivity index (χ1) is 17.5. The minimum Gasteiger partial charge on any atom is -0.382 e. The molecule has 0 unspecified atom stereocenters. The molecule has 0 saturated carbocycles. The number of rotatable bonds is 7. The third-order valence-corrected chi connectivity index (χ3v) is 5.77. The average Bonchev–Trinajstić information content (AvgIpc) is 3.31. The Bertz CT molecular complexity index is 1410. The number of nitrogens with one attached hydrogen (secondary N) is 2. The number of carbonyl (C=O) groups is 1. The second-order valence-corrected chi connectivity index (χ2v) is 8.34. The van der Waals surface area contributed by atoms with Gasteiger partial charge in [-0.2, -0.15) is 9.97 Å². The molecule has 0 radical (unpaired) electrons. The fourth-order valence-corrected chi connectivity index (χ4v) is 3.94. The van der Waals surface area contributed by atoms with Crippen LogP contribution in [-0.4, -0.2) is 56.6 Å². The smallest absolute Gasteiger partial charge is 0.283 e. The van der Waals surface area contributed by atoms with Crippen molar-refractivity contribution in [3.05, 3.63) is 72.8 Å². The maximum Gasteiger partial charge on any atom is 0.283 e. The van der Waals surface area contributed by atoms with Crippen molar-refractivity contribution in [3.8, 4) is 5.69 Å². The Balaban J connectivity index is 1.37. The van der Waals surface area contributed by atoms with E-state index in [1.54, 1.807) is 35.2 Å². The van der Waals surface area contributed by atoms with E-state index in [-0.39, 0.29) is 5.82 Å². The Kier molecular flexibility index (Phi) is 6.56. The van der Waals surface area contributed by atoms with Crippen LogP contribution in [0.4, 0.5) is 27.5 Å². The van der Waals surface area contributed by atoms with Crippen molar-refractivity contribution in [2.24, 2.45) is 0 Å². The zero-order chi connectivity index (χ0) is 25.1. The van der Waals surface area contributed by atoms with E-state index < -0.39 is 11.7 Å². The number of imidazole rings is 1. The zero-order valence-corrected chi connectivity index (χ0v) is 19.4. The van der Waals surface area contributed by atoms with E-state index in [9.17, 15) is 9.18 Å². The first-order valence-corrected chi connectivity index (χ1v) is 11.4. The molecule has 4 aromatic rings. The summed E-state index contributed by atoms with van der Waals surface area (Å²) in [4.78, 5) is 27.3. The number of aromatic nitrogens is 4. The number of amides is 1. The minimum atomic E-state index is -1.07. The fraction of sp³-hybridized carbons (Fsp3) is 0.200. The summed E-state index contributed by atoms with van der Waals surface area (Å²) in [5.41, 5.74) is 10.2. The molecular weight excluding hydrogens is 463 g/mol. The number of nitrogens with zero attached hydrogens (tertiary/aromatic N) is 5. The predicted octanol–water partition coefficient (Wildman–Crippen LogP) is 3.40. The monoisotopic (exact) mass is 488 g/mol. The molecule has 1 amide bonds. The highest BCUT2D eigenvalue weighted by Gasteiger charge is 2.15. The third kappa shape index (κ3) is 5.16. The van der Waals surface area contributed by atoms with Crippen molar-refractivity contribution in [1.82, 2.24) is 24.4 Å². The first kappa shape index (κ1) is 23.4. The minimum absolute atomic E-state index is 0.225. The number of hydrogen-bond donors (Lipinski definition) is 3. The Labute approximate surface area is 206 Å². The molecule has 11 heteroatoms. The lowest BCUT2D eigenvalue weighted by atomic mass is 10.2. The quantitative estimate of drug-likeness (QED) is 0.338. The number of benzene rings is 2. The van der Waals surface area contributed by atoms with Crippen molar-refractivity contribution in [2.45, 2.75) is 6.54 Å². The standard InChI is InChI=1S/C25H25FN8O2/c1-16(26)24(35)29-19-3-2-4-20(13-19)34-15-28-21-22(27)31-25(32-23(21)34)30-18-7-5-17(6-8-18)14-33-9-11-36-12-10-33/h2-8,13,15H,1,9-12,14H2,(H,29,35)(H3,27,30,31,32). The average molecular weight is 489 g/mol. The number of nitrogens with two attached hydrogens (primary N) is 1. The number of fused-ring (bicyclic) bond motifs is 1. The number of ether oxygens (including phenoxy) is 1. The van der Waals surface area contributed by atoms with Crippen molar-refractivity contribution in [2.75, 3.05) is 42.7 Å². The topological polar surface area (TPSA) is 123 Å². The summed E-state index contributed by atoms with van der Waals surface area (Å²) in [7, 11) is 0. The SMILES string of the molecule is C=C(F)C(=O)Nc1cccc(-n2cnc3c(N)nc(Nc4ccc(CN5CCOCC5)cc4)nc32)c1. The molecule has 0 spiro atoms. The summed E-state index contributed by atoms with van der Waals surface area (Å²) in [6.45, 7) is 7.28. The van der Waals surface area contributed by atoms with E-state index in [0.717, 1.165) is 38.5 Å². The summed E-state index contributed by atoms with van der Waals surface area (Å²) in [5.74, 6) is -1.43. The van der Waals surface area contributed by atoms with Crippen molar-refractivity contribution in [3.63, 3.8) is 0 Å². The van der Waals surface area contributed by atoms with Crippen LogP contribution in [0.1, 0.15) is 5.56 Å². The van der Waals surface area contributed by atoms with Gasteiger partial charge < -0.3 is 21.1 Å².